The van der Waals surface area contributed by atoms with Crippen LogP contribution in [0.2, 0.25) is 5.02 Å². The van der Waals surface area contributed by atoms with Crippen molar-refractivity contribution in [2.24, 2.45) is 0 Å². The fraction of sp³-hybridized carbons (Fsp3) is 0.500. The average Bonchev–Trinajstić information content (AvgIpc) is 3.22. The van der Waals surface area contributed by atoms with Crippen molar-refractivity contribution in [2.75, 3.05) is 54.4 Å². The molecule has 1 unspecified atom stereocenters. The molecule has 0 saturated carbocycles. The zero-order valence-corrected chi connectivity index (χ0v) is 21.8. The van der Waals surface area contributed by atoms with Crippen LogP contribution in [-0.2, 0) is 16.1 Å². The van der Waals surface area contributed by atoms with Gasteiger partial charge in [-0.1, -0.05) is 11.6 Å². The molecule has 1 aliphatic rings. The van der Waals surface area contributed by atoms with Crippen LogP contribution in [0.4, 0.5) is 22.2 Å². The number of amides is 2. The number of hydrogen-bond acceptors (Lipinski definition) is 9. The first-order valence-corrected chi connectivity index (χ1v) is 12.8. The second-order valence-corrected chi connectivity index (χ2v) is 11.0. The van der Waals surface area contributed by atoms with E-state index in [1.165, 1.54) is 6.26 Å². The SMILES string of the molecule is Cc1cc(N2CCN([S+]([O-])CCNC(=O)OC(C)(C)C)CC2)cc(NC(=O)c2coc(N)n2)c1Cl. The molecule has 3 rings (SSSR count). The van der Waals surface area contributed by atoms with Gasteiger partial charge in [-0.05, 0) is 45.4 Å². The number of carbonyl (C=O) groups excluding carboxylic acids is 2. The van der Waals surface area contributed by atoms with Gasteiger partial charge in [-0.3, -0.25) is 4.79 Å². The van der Waals surface area contributed by atoms with Crippen molar-refractivity contribution in [2.45, 2.75) is 33.3 Å². The van der Waals surface area contributed by atoms with E-state index in [-0.39, 0.29) is 18.3 Å². The number of oxazole rings is 1. The van der Waals surface area contributed by atoms with Gasteiger partial charge in [-0.2, -0.15) is 4.98 Å². The Morgan fingerprint density at radius 1 is 1.29 bits per heavy atom. The number of nitrogens with two attached hydrogens (primary N) is 1. The van der Waals surface area contributed by atoms with Crippen molar-refractivity contribution < 1.29 is 23.3 Å². The summed E-state index contributed by atoms with van der Waals surface area (Å²) in [6.45, 7) is 9.93. The zero-order valence-electron chi connectivity index (χ0n) is 20.2. The molecule has 1 fully saturated rings. The molecule has 1 atom stereocenters. The molecule has 1 aromatic heterocycles. The number of piperazine rings is 1. The first-order chi connectivity index (χ1) is 16.4. The summed E-state index contributed by atoms with van der Waals surface area (Å²) >= 11 is 5.20. The van der Waals surface area contributed by atoms with Gasteiger partial charge in [0.2, 0.25) is 0 Å². The van der Waals surface area contributed by atoms with E-state index in [2.05, 4.69) is 20.5 Å². The number of halogens is 1. The number of nitrogen functional groups attached to an aromatic ring is 1. The van der Waals surface area contributed by atoms with Gasteiger partial charge in [0.05, 0.1) is 30.3 Å². The number of carbonyl (C=O) groups is 2. The number of benzene rings is 1. The van der Waals surface area contributed by atoms with E-state index in [1.807, 2.05) is 17.3 Å². The summed E-state index contributed by atoms with van der Waals surface area (Å²) in [5.41, 5.74) is 7.06. The number of nitrogens with zero attached hydrogens (tertiary/aromatic N) is 3. The minimum atomic E-state index is -1.22. The van der Waals surface area contributed by atoms with E-state index in [9.17, 15) is 14.1 Å². The Bertz CT molecular complexity index is 1050. The van der Waals surface area contributed by atoms with Crippen LogP contribution in [-0.4, -0.2) is 69.9 Å². The van der Waals surface area contributed by atoms with Crippen LogP contribution in [0.3, 0.4) is 0 Å². The van der Waals surface area contributed by atoms with Crippen LogP contribution in [0.5, 0.6) is 0 Å². The van der Waals surface area contributed by atoms with Gasteiger partial charge >= 0.3 is 6.09 Å². The highest BCUT2D eigenvalue weighted by Gasteiger charge is 2.27. The maximum Gasteiger partial charge on any atom is 0.407 e. The van der Waals surface area contributed by atoms with E-state index in [1.54, 1.807) is 26.8 Å². The fourth-order valence-electron chi connectivity index (χ4n) is 3.44. The van der Waals surface area contributed by atoms with Gasteiger partial charge in [-0.25, -0.2) is 4.79 Å². The van der Waals surface area contributed by atoms with Crippen LogP contribution < -0.4 is 21.3 Å². The van der Waals surface area contributed by atoms with Gasteiger partial charge in [-0.15, -0.1) is 4.31 Å². The molecule has 2 aromatic rings. The van der Waals surface area contributed by atoms with Crippen molar-refractivity contribution in [3.05, 3.63) is 34.7 Å². The number of rotatable bonds is 7. The van der Waals surface area contributed by atoms with Gasteiger partial charge in [0.1, 0.15) is 17.6 Å². The lowest BCUT2D eigenvalue weighted by atomic mass is 10.1. The Kier molecular flexibility index (Phi) is 8.75. The van der Waals surface area contributed by atoms with Crippen molar-refractivity contribution in [3.8, 4) is 0 Å². The maximum absolute atomic E-state index is 12.7. The summed E-state index contributed by atoms with van der Waals surface area (Å²) in [7, 11) is 0. The number of ether oxygens (including phenoxy) is 1. The third-order valence-corrected chi connectivity index (χ3v) is 7.07. The monoisotopic (exact) mass is 526 g/mol. The zero-order chi connectivity index (χ0) is 25.8. The third kappa shape index (κ3) is 7.66. The third-order valence-electron chi connectivity index (χ3n) is 5.08. The van der Waals surface area contributed by atoms with Crippen molar-refractivity contribution in [1.29, 1.82) is 0 Å². The predicted octanol–water partition coefficient (Wildman–Crippen LogP) is 2.78. The number of nitrogens with one attached hydrogen (secondary N) is 2. The second-order valence-electron chi connectivity index (χ2n) is 9.02. The average molecular weight is 527 g/mol. The van der Waals surface area contributed by atoms with Crippen molar-refractivity contribution >= 4 is 52.4 Å². The molecule has 0 aliphatic carbocycles. The molecule has 192 valence electrons. The molecule has 1 saturated heterocycles. The van der Waals surface area contributed by atoms with Crippen LogP contribution in [0.15, 0.2) is 22.8 Å². The lowest BCUT2D eigenvalue weighted by molar-refractivity contribution is 0.0531. The van der Waals surface area contributed by atoms with Crippen LogP contribution in [0.25, 0.3) is 0 Å². The molecule has 1 aliphatic heterocycles. The van der Waals surface area contributed by atoms with Crippen molar-refractivity contribution in [1.82, 2.24) is 14.6 Å². The lowest BCUT2D eigenvalue weighted by Crippen LogP contribution is -2.50. The molecular formula is C22H31ClN6O5S. The number of aryl methyl sites for hydroxylation is 1. The van der Waals surface area contributed by atoms with E-state index in [0.717, 1.165) is 11.3 Å². The van der Waals surface area contributed by atoms with Gasteiger partial charge in [0.15, 0.2) is 5.69 Å². The molecule has 4 N–H and O–H groups in total. The lowest BCUT2D eigenvalue weighted by Gasteiger charge is -2.36. The highest BCUT2D eigenvalue weighted by molar-refractivity contribution is 7.89. The largest absolute Gasteiger partial charge is 0.598 e. The minimum Gasteiger partial charge on any atom is -0.598 e. The fourth-order valence-corrected chi connectivity index (χ4v) is 4.70. The van der Waals surface area contributed by atoms with Crippen LogP contribution in [0, 0.1) is 6.92 Å². The number of hydrogen-bond donors (Lipinski definition) is 3. The van der Waals surface area contributed by atoms with E-state index >= 15 is 0 Å². The molecular weight excluding hydrogens is 496 g/mol. The number of alkyl carbamates (subject to hydrolysis) is 1. The molecule has 0 radical (unpaired) electrons. The summed E-state index contributed by atoms with van der Waals surface area (Å²) < 4.78 is 24.6. The molecule has 13 heteroatoms. The van der Waals surface area contributed by atoms with E-state index in [4.69, 9.17) is 26.5 Å². The number of anilines is 3. The molecule has 1 aromatic carbocycles. The van der Waals surface area contributed by atoms with E-state index in [0.29, 0.717) is 42.6 Å². The number of aromatic nitrogens is 1. The highest BCUT2D eigenvalue weighted by Crippen LogP contribution is 2.32. The minimum absolute atomic E-state index is 0.0545. The highest BCUT2D eigenvalue weighted by atomic mass is 35.5. The van der Waals surface area contributed by atoms with Gasteiger partial charge < -0.3 is 35.0 Å². The summed E-state index contributed by atoms with van der Waals surface area (Å²) in [5.74, 6) is -0.175. The Morgan fingerprint density at radius 3 is 2.57 bits per heavy atom. The molecule has 0 bridgehead atoms. The van der Waals surface area contributed by atoms with Crippen LogP contribution >= 0.6 is 11.6 Å². The second kappa shape index (κ2) is 11.4. The standard InChI is InChI=1S/C22H31ClN6O5S/c1-14-11-15(12-16(18(14)23)26-19(30)17-13-33-20(24)27-17)28-6-8-29(9-7-28)35(32)10-5-25-21(31)34-22(2,3)4/h11-13H,5-10H2,1-4H3,(H2,24,27)(H,25,31)(H,26,30). The smallest absolute Gasteiger partial charge is 0.407 e. The topological polar surface area (TPSA) is 149 Å². The summed E-state index contributed by atoms with van der Waals surface area (Å²) in [6.07, 6.45) is 0.657. The Balaban J connectivity index is 1.54. The molecule has 11 nitrogen and oxygen atoms in total. The molecule has 0 spiro atoms. The van der Waals surface area contributed by atoms with Gasteiger partial charge in [0.25, 0.3) is 11.9 Å². The van der Waals surface area contributed by atoms with Crippen LogP contribution in [0.1, 0.15) is 36.8 Å². The maximum atomic E-state index is 12.7. The summed E-state index contributed by atoms with van der Waals surface area (Å²) in [4.78, 5) is 30.2. The normalized spacial score (nSPS) is 15.5. The Hall–Kier alpha value is -2.67. The van der Waals surface area contributed by atoms with Crippen molar-refractivity contribution in [3.63, 3.8) is 0 Å². The van der Waals surface area contributed by atoms with E-state index < -0.39 is 29.0 Å². The molecule has 2 amide bonds. The summed E-state index contributed by atoms with van der Waals surface area (Å²) in [6, 6.07) is 3.65. The Labute approximate surface area is 212 Å². The first kappa shape index (κ1) is 26.9. The Morgan fingerprint density at radius 2 is 1.97 bits per heavy atom. The quantitative estimate of drug-likeness (QED) is 0.463. The molecule has 35 heavy (non-hydrogen) atoms. The van der Waals surface area contributed by atoms with Gasteiger partial charge in [0, 0.05) is 30.1 Å². The predicted molar refractivity (Wildman–Crippen MR) is 136 cm³/mol. The summed E-state index contributed by atoms with van der Waals surface area (Å²) in [5, 5.41) is 5.82. The molecule has 2 heterocycles. The first-order valence-electron chi connectivity index (χ1n) is 11.1.